The highest BCUT2D eigenvalue weighted by Crippen LogP contribution is 2.22. The highest BCUT2D eigenvalue weighted by atomic mass is 79.9. The third-order valence-electron chi connectivity index (χ3n) is 3.19. The Morgan fingerprint density at radius 3 is 3.16 bits per heavy atom. The molecule has 104 valence electrons. The fourth-order valence-electron chi connectivity index (χ4n) is 2.09. The van der Waals surface area contributed by atoms with Crippen LogP contribution in [0.4, 0.5) is 0 Å². The summed E-state index contributed by atoms with van der Waals surface area (Å²) in [5, 5.41) is 0. The first-order valence-corrected chi connectivity index (χ1v) is 7.23. The minimum Gasteiger partial charge on any atom is -0.490 e. The number of likely N-dealkylation sites (N-methyl/N-ethyl adjacent to an activating group) is 1. The zero-order valence-corrected chi connectivity index (χ0v) is 12.6. The molecule has 4 nitrogen and oxygen atoms in total. The van der Waals surface area contributed by atoms with Crippen molar-refractivity contribution in [3.8, 4) is 5.75 Å². The third-order valence-corrected chi connectivity index (χ3v) is 3.69. The first-order valence-electron chi connectivity index (χ1n) is 6.44. The quantitative estimate of drug-likeness (QED) is 0.778. The summed E-state index contributed by atoms with van der Waals surface area (Å²) in [5.74, 6) is 0.607. The van der Waals surface area contributed by atoms with Crippen molar-refractivity contribution in [1.82, 2.24) is 4.90 Å². The Hall–Kier alpha value is -0.910. The molecular weight excluding hydrogens is 310 g/mol. The van der Waals surface area contributed by atoms with Crippen LogP contribution >= 0.6 is 15.9 Å². The highest BCUT2D eigenvalue weighted by Gasteiger charge is 2.20. The molecule has 0 bridgehead atoms. The second-order valence-corrected chi connectivity index (χ2v) is 5.41. The van der Waals surface area contributed by atoms with Gasteiger partial charge in [-0.2, -0.15) is 0 Å². The van der Waals surface area contributed by atoms with Crippen molar-refractivity contribution < 1.29 is 14.3 Å². The van der Waals surface area contributed by atoms with E-state index >= 15 is 0 Å². The zero-order chi connectivity index (χ0) is 13.7. The van der Waals surface area contributed by atoms with E-state index in [-0.39, 0.29) is 6.10 Å². The summed E-state index contributed by atoms with van der Waals surface area (Å²) in [6.07, 6.45) is 0.872. The smallest absolute Gasteiger partial charge is 0.153 e. The maximum atomic E-state index is 11.0. The summed E-state index contributed by atoms with van der Waals surface area (Å²) >= 11 is 3.34. The van der Waals surface area contributed by atoms with Gasteiger partial charge < -0.3 is 9.47 Å². The van der Waals surface area contributed by atoms with E-state index in [4.69, 9.17) is 9.47 Å². The summed E-state index contributed by atoms with van der Waals surface area (Å²) in [6.45, 7) is 6.23. The largest absolute Gasteiger partial charge is 0.490 e. The summed E-state index contributed by atoms with van der Waals surface area (Å²) in [6, 6.07) is 5.42. The maximum absolute atomic E-state index is 11.0. The monoisotopic (exact) mass is 327 g/mol. The van der Waals surface area contributed by atoms with Crippen LogP contribution in [-0.4, -0.2) is 50.1 Å². The molecule has 0 radical (unpaired) electrons. The van der Waals surface area contributed by atoms with Gasteiger partial charge >= 0.3 is 0 Å². The van der Waals surface area contributed by atoms with Gasteiger partial charge in [0.15, 0.2) is 6.29 Å². The minimum absolute atomic E-state index is 0.0665. The van der Waals surface area contributed by atoms with Gasteiger partial charge in [-0.15, -0.1) is 0 Å². The second kappa shape index (κ2) is 7.03. The number of ether oxygens (including phenoxy) is 2. The number of morpholine rings is 1. The van der Waals surface area contributed by atoms with Gasteiger partial charge in [-0.1, -0.05) is 22.9 Å². The van der Waals surface area contributed by atoms with Gasteiger partial charge in [-0.25, -0.2) is 0 Å². The first kappa shape index (κ1) is 14.5. The van der Waals surface area contributed by atoms with E-state index in [2.05, 4.69) is 27.8 Å². The Balaban J connectivity index is 1.93. The van der Waals surface area contributed by atoms with E-state index < -0.39 is 0 Å². The molecule has 2 rings (SSSR count). The number of carbonyl (C=O) groups is 1. The molecule has 1 unspecified atom stereocenters. The molecule has 1 aromatic rings. The number of rotatable bonds is 5. The van der Waals surface area contributed by atoms with E-state index in [0.717, 1.165) is 37.0 Å². The molecule has 1 saturated heterocycles. The van der Waals surface area contributed by atoms with Crippen molar-refractivity contribution in [1.29, 1.82) is 0 Å². The molecule has 5 heteroatoms. The summed E-state index contributed by atoms with van der Waals surface area (Å²) in [7, 11) is 0. The van der Waals surface area contributed by atoms with Crippen LogP contribution in [0.15, 0.2) is 22.7 Å². The average molecular weight is 328 g/mol. The van der Waals surface area contributed by atoms with Gasteiger partial charge in [0.05, 0.1) is 12.2 Å². The van der Waals surface area contributed by atoms with Crippen LogP contribution in [-0.2, 0) is 4.74 Å². The van der Waals surface area contributed by atoms with Gasteiger partial charge in [-0.3, -0.25) is 9.69 Å². The Morgan fingerprint density at radius 2 is 2.42 bits per heavy atom. The molecule has 1 fully saturated rings. The molecule has 0 amide bonds. The van der Waals surface area contributed by atoms with Crippen LogP contribution in [0.1, 0.15) is 17.3 Å². The van der Waals surface area contributed by atoms with E-state index in [1.54, 1.807) is 12.1 Å². The molecule has 0 N–H and O–H groups in total. The van der Waals surface area contributed by atoms with Gasteiger partial charge in [0.25, 0.3) is 0 Å². The molecule has 1 aliphatic heterocycles. The van der Waals surface area contributed by atoms with Gasteiger partial charge in [0.2, 0.25) is 0 Å². The fourth-order valence-corrected chi connectivity index (χ4v) is 2.47. The zero-order valence-electron chi connectivity index (χ0n) is 11.0. The number of benzene rings is 1. The van der Waals surface area contributed by atoms with Gasteiger partial charge in [0.1, 0.15) is 18.5 Å². The van der Waals surface area contributed by atoms with Crippen LogP contribution in [0.3, 0.4) is 0 Å². The fraction of sp³-hybridized carbons (Fsp3) is 0.500. The third kappa shape index (κ3) is 4.03. The number of carbonyl (C=O) groups excluding carboxylic acids is 1. The maximum Gasteiger partial charge on any atom is 0.153 e. The molecule has 0 aliphatic carbocycles. The van der Waals surface area contributed by atoms with Crippen LogP contribution in [0.25, 0.3) is 0 Å². The number of hydrogen-bond donors (Lipinski definition) is 0. The normalized spacial score (nSPS) is 20.2. The second-order valence-electron chi connectivity index (χ2n) is 4.50. The van der Waals surface area contributed by atoms with E-state index in [0.29, 0.717) is 17.9 Å². The highest BCUT2D eigenvalue weighted by molar-refractivity contribution is 9.10. The van der Waals surface area contributed by atoms with Crippen molar-refractivity contribution in [2.75, 3.05) is 32.8 Å². The summed E-state index contributed by atoms with van der Waals surface area (Å²) < 4.78 is 12.2. The topological polar surface area (TPSA) is 38.8 Å². The number of aldehydes is 1. The SMILES string of the molecule is CCN1CCOC(COc2ccc(Br)cc2C=O)C1. The minimum atomic E-state index is 0.0665. The van der Waals surface area contributed by atoms with Crippen LogP contribution in [0.5, 0.6) is 5.75 Å². The molecule has 19 heavy (non-hydrogen) atoms. The Bertz CT molecular complexity index is 439. The first-order chi connectivity index (χ1) is 9.22. The number of nitrogens with zero attached hydrogens (tertiary/aromatic N) is 1. The Kier molecular flexibility index (Phi) is 5.36. The molecule has 1 aromatic carbocycles. The molecule has 0 saturated carbocycles. The van der Waals surface area contributed by atoms with Gasteiger partial charge in [0, 0.05) is 17.6 Å². The molecular formula is C14H18BrNO3. The number of hydrogen-bond acceptors (Lipinski definition) is 4. The molecule has 0 spiro atoms. The lowest BCUT2D eigenvalue weighted by Gasteiger charge is -2.31. The number of halogens is 1. The van der Waals surface area contributed by atoms with Crippen LogP contribution in [0.2, 0.25) is 0 Å². The predicted octanol–water partition coefficient (Wildman–Crippen LogP) is 2.36. The lowest BCUT2D eigenvalue weighted by molar-refractivity contribution is -0.0464. The van der Waals surface area contributed by atoms with Crippen molar-refractivity contribution in [3.05, 3.63) is 28.2 Å². The van der Waals surface area contributed by atoms with Crippen molar-refractivity contribution in [3.63, 3.8) is 0 Å². The van der Waals surface area contributed by atoms with E-state index in [1.807, 2.05) is 6.07 Å². The molecule has 1 atom stereocenters. The van der Waals surface area contributed by atoms with Crippen LogP contribution in [0, 0.1) is 0 Å². The van der Waals surface area contributed by atoms with Crippen LogP contribution < -0.4 is 4.74 Å². The lowest BCUT2D eigenvalue weighted by Crippen LogP contribution is -2.44. The van der Waals surface area contributed by atoms with Gasteiger partial charge in [-0.05, 0) is 24.7 Å². The van der Waals surface area contributed by atoms with Crippen molar-refractivity contribution in [2.45, 2.75) is 13.0 Å². The summed E-state index contributed by atoms with van der Waals surface area (Å²) in [5.41, 5.74) is 0.553. The predicted molar refractivity (Wildman–Crippen MR) is 76.9 cm³/mol. The average Bonchev–Trinajstić information content (AvgIpc) is 2.46. The summed E-state index contributed by atoms with van der Waals surface area (Å²) in [4.78, 5) is 13.3. The van der Waals surface area contributed by atoms with Crippen molar-refractivity contribution in [2.24, 2.45) is 0 Å². The molecule has 0 aromatic heterocycles. The molecule has 1 aliphatic rings. The molecule has 1 heterocycles. The van der Waals surface area contributed by atoms with Crippen molar-refractivity contribution >= 4 is 22.2 Å². The Labute approximate surface area is 121 Å². The van der Waals surface area contributed by atoms with E-state index in [9.17, 15) is 4.79 Å². The lowest BCUT2D eigenvalue weighted by atomic mass is 10.2. The standard InChI is InChI=1S/C14H18BrNO3/c1-2-16-5-6-18-13(8-16)10-19-14-4-3-12(15)7-11(14)9-17/h3-4,7,9,13H,2,5-6,8,10H2,1H3. The van der Waals surface area contributed by atoms with E-state index in [1.165, 1.54) is 0 Å². The Morgan fingerprint density at radius 1 is 1.58 bits per heavy atom.